The Bertz CT molecular complexity index is 1410. The summed E-state index contributed by atoms with van der Waals surface area (Å²) in [6, 6.07) is 34.6. The molecule has 0 spiro atoms. The number of aromatic nitrogens is 3. The van der Waals surface area contributed by atoms with E-state index in [0.29, 0.717) is 6.42 Å². The highest BCUT2D eigenvalue weighted by Gasteiger charge is 2.19. The predicted octanol–water partition coefficient (Wildman–Crippen LogP) is 6.04. The third-order valence-electron chi connectivity index (χ3n) is 6.24. The molecule has 1 heterocycles. The Balaban J connectivity index is 1.29. The van der Waals surface area contributed by atoms with Crippen molar-refractivity contribution in [2.75, 3.05) is 5.75 Å². The molecule has 0 saturated carbocycles. The minimum Gasteiger partial charge on any atom is -0.344 e. The summed E-state index contributed by atoms with van der Waals surface area (Å²) in [6.45, 7) is 2.83. The van der Waals surface area contributed by atoms with E-state index >= 15 is 0 Å². The highest BCUT2D eigenvalue weighted by Crippen LogP contribution is 2.25. The van der Waals surface area contributed by atoms with E-state index in [4.69, 9.17) is 0 Å². The van der Waals surface area contributed by atoms with Crippen molar-refractivity contribution in [1.82, 2.24) is 20.1 Å². The van der Waals surface area contributed by atoms with Crippen LogP contribution >= 0.6 is 11.8 Å². The van der Waals surface area contributed by atoms with Crippen LogP contribution in [0, 0.1) is 0 Å². The number of hydrogen-bond donors (Lipinski definition) is 1. The molecule has 0 atom stereocenters. The number of amides is 1. The van der Waals surface area contributed by atoms with Crippen molar-refractivity contribution in [3.63, 3.8) is 0 Å². The van der Waals surface area contributed by atoms with Gasteiger partial charge in [0.05, 0.1) is 11.8 Å². The van der Waals surface area contributed by atoms with Crippen LogP contribution in [0.3, 0.4) is 0 Å². The van der Waals surface area contributed by atoms with Gasteiger partial charge in [-0.25, -0.2) is 0 Å². The van der Waals surface area contributed by atoms with Crippen molar-refractivity contribution in [3.8, 4) is 0 Å². The van der Waals surface area contributed by atoms with Gasteiger partial charge in [-0.3, -0.25) is 4.79 Å². The molecule has 5 rings (SSSR count). The molecule has 1 aromatic heterocycles. The zero-order chi connectivity index (χ0) is 24.7. The van der Waals surface area contributed by atoms with Crippen LogP contribution in [0.2, 0.25) is 0 Å². The van der Waals surface area contributed by atoms with E-state index in [9.17, 15) is 4.79 Å². The Kier molecular flexibility index (Phi) is 7.43. The molecule has 5 nitrogen and oxygen atoms in total. The molecule has 5 aromatic rings. The van der Waals surface area contributed by atoms with Gasteiger partial charge in [0.15, 0.2) is 5.16 Å². The van der Waals surface area contributed by atoms with Crippen molar-refractivity contribution in [2.24, 2.45) is 0 Å². The molecule has 0 bridgehead atoms. The molecule has 0 radical (unpaired) electrons. The summed E-state index contributed by atoms with van der Waals surface area (Å²) >= 11 is 1.42. The molecule has 0 fully saturated rings. The van der Waals surface area contributed by atoms with Crippen LogP contribution in [0.1, 0.15) is 35.5 Å². The fraction of sp³-hybridized carbons (Fsp3) is 0.167. The first-order valence-electron chi connectivity index (χ1n) is 12.1. The molecule has 0 aliphatic rings. The van der Waals surface area contributed by atoms with Crippen LogP contribution in [0.5, 0.6) is 0 Å². The summed E-state index contributed by atoms with van der Waals surface area (Å²) < 4.78 is 2.10. The van der Waals surface area contributed by atoms with Crippen LogP contribution in [0.15, 0.2) is 108 Å². The van der Waals surface area contributed by atoms with Gasteiger partial charge in [0.1, 0.15) is 5.82 Å². The molecule has 0 aliphatic heterocycles. The lowest BCUT2D eigenvalue weighted by Crippen LogP contribution is -2.30. The van der Waals surface area contributed by atoms with Gasteiger partial charge in [-0.15, -0.1) is 10.2 Å². The smallest absolute Gasteiger partial charge is 0.231 e. The summed E-state index contributed by atoms with van der Waals surface area (Å²) in [4.78, 5) is 13.0. The van der Waals surface area contributed by atoms with Crippen molar-refractivity contribution in [1.29, 1.82) is 0 Å². The largest absolute Gasteiger partial charge is 0.344 e. The molecule has 0 aliphatic carbocycles. The minimum atomic E-state index is -0.202. The number of rotatable bonds is 9. The summed E-state index contributed by atoms with van der Waals surface area (Å²) in [7, 11) is 0. The Morgan fingerprint density at radius 2 is 1.47 bits per heavy atom. The van der Waals surface area contributed by atoms with Crippen molar-refractivity contribution < 1.29 is 4.79 Å². The Hall–Kier alpha value is -3.90. The molecule has 36 heavy (non-hydrogen) atoms. The lowest BCUT2D eigenvalue weighted by Gasteiger charge is -2.20. The third-order valence-corrected chi connectivity index (χ3v) is 7.21. The monoisotopic (exact) mass is 492 g/mol. The average molecular weight is 493 g/mol. The van der Waals surface area contributed by atoms with Gasteiger partial charge in [0, 0.05) is 13.0 Å². The van der Waals surface area contributed by atoms with Gasteiger partial charge >= 0.3 is 0 Å². The van der Waals surface area contributed by atoms with Crippen LogP contribution in [-0.2, 0) is 17.8 Å². The number of nitrogens with one attached hydrogen (secondary N) is 1. The molecular weight excluding hydrogens is 464 g/mol. The van der Waals surface area contributed by atoms with Crippen LogP contribution in [0.25, 0.3) is 10.8 Å². The molecule has 6 heteroatoms. The second-order valence-corrected chi connectivity index (χ2v) is 9.51. The quantitative estimate of drug-likeness (QED) is 0.255. The number of fused-ring (bicyclic) bond motifs is 1. The van der Waals surface area contributed by atoms with Gasteiger partial charge in [0.25, 0.3) is 0 Å². The highest BCUT2D eigenvalue weighted by molar-refractivity contribution is 7.99. The maximum absolute atomic E-state index is 13.0. The van der Waals surface area contributed by atoms with E-state index in [1.807, 2.05) is 60.7 Å². The van der Waals surface area contributed by atoms with E-state index in [1.165, 1.54) is 28.1 Å². The lowest BCUT2D eigenvalue weighted by molar-refractivity contribution is -0.119. The number of benzene rings is 4. The number of nitrogens with zero attached hydrogens (tertiary/aromatic N) is 3. The number of thioether (sulfide) groups is 1. The molecular formula is C30H28N4OS. The maximum atomic E-state index is 13.0. The van der Waals surface area contributed by atoms with E-state index < -0.39 is 0 Å². The molecule has 4 aromatic carbocycles. The number of hydrogen-bond acceptors (Lipinski definition) is 4. The normalized spacial score (nSPS) is 11.2. The van der Waals surface area contributed by atoms with Gasteiger partial charge in [0.2, 0.25) is 5.91 Å². The Morgan fingerprint density at radius 1 is 0.833 bits per heavy atom. The molecule has 1 amide bonds. The van der Waals surface area contributed by atoms with E-state index in [0.717, 1.165) is 28.7 Å². The first kappa shape index (κ1) is 23.8. The average Bonchev–Trinajstić information content (AvgIpc) is 3.33. The number of carbonyl (C=O) groups is 1. The molecule has 0 saturated heterocycles. The van der Waals surface area contributed by atoms with Crippen molar-refractivity contribution in [3.05, 3.63) is 126 Å². The summed E-state index contributed by atoms with van der Waals surface area (Å²) in [5.41, 5.74) is 3.32. The van der Waals surface area contributed by atoms with Crippen molar-refractivity contribution in [2.45, 2.75) is 31.1 Å². The van der Waals surface area contributed by atoms with E-state index in [2.05, 4.69) is 69.5 Å². The fourth-order valence-electron chi connectivity index (χ4n) is 4.47. The summed E-state index contributed by atoms with van der Waals surface area (Å²) in [5, 5.41) is 15.3. The maximum Gasteiger partial charge on any atom is 0.231 e. The predicted molar refractivity (Wildman–Crippen MR) is 146 cm³/mol. The molecule has 180 valence electrons. The second-order valence-electron chi connectivity index (χ2n) is 8.57. The highest BCUT2D eigenvalue weighted by atomic mass is 32.2. The first-order valence-corrected chi connectivity index (χ1v) is 13.1. The second kappa shape index (κ2) is 11.2. The van der Waals surface area contributed by atoms with E-state index in [-0.39, 0.29) is 17.7 Å². The van der Waals surface area contributed by atoms with Gasteiger partial charge in [-0.1, -0.05) is 115 Å². The third kappa shape index (κ3) is 5.34. The zero-order valence-corrected chi connectivity index (χ0v) is 21.0. The van der Waals surface area contributed by atoms with Gasteiger partial charge in [-0.05, 0) is 34.4 Å². The lowest BCUT2D eigenvalue weighted by atomic mass is 9.99. The van der Waals surface area contributed by atoms with Crippen LogP contribution in [-0.4, -0.2) is 26.4 Å². The first-order chi connectivity index (χ1) is 17.7. The van der Waals surface area contributed by atoms with E-state index in [1.54, 1.807) is 0 Å². The zero-order valence-electron chi connectivity index (χ0n) is 20.2. The minimum absolute atomic E-state index is 0.0426. The number of carbonyl (C=O) groups excluding carboxylic acids is 1. The van der Waals surface area contributed by atoms with Crippen molar-refractivity contribution >= 4 is 28.4 Å². The fourth-order valence-corrected chi connectivity index (χ4v) is 5.31. The summed E-state index contributed by atoms with van der Waals surface area (Å²) in [6.07, 6.45) is 0.693. The molecule has 0 unspecified atom stereocenters. The van der Waals surface area contributed by atoms with Crippen LogP contribution in [0.4, 0.5) is 0 Å². The topological polar surface area (TPSA) is 59.8 Å². The SMILES string of the molecule is CCn1c(Cc2cccc3ccccc23)nnc1SCC(=O)NC(c1ccccc1)c1ccccc1. The summed E-state index contributed by atoms with van der Waals surface area (Å²) in [5.74, 6) is 1.13. The van der Waals surface area contributed by atoms with Crippen LogP contribution < -0.4 is 5.32 Å². The standard InChI is InChI=1S/C30H28N4OS/c1-2-34-27(20-25-18-11-17-22-12-9-10-19-26(22)25)32-33-30(34)36-21-28(35)31-29(23-13-5-3-6-14-23)24-15-7-4-8-16-24/h3-19,29H,2,20-21H2,1H3,(H,31,35). The Labute approximate surface area is 215 Å². The Morgan fingerprint density at radius 3 is 2.17 bits per heavy atom. The van der Waals surface area contributed by atoms with Gasteiger partial charge < -0.3 is 9.88 Å². The molecule has 1 N–H and O–H groups in total. The van der Waals surface area contributed by atoms with Gasteiger partial charge in [-0.2, -0.15) is 0 Å².